The zero-order valence-corrected chi connectivity index (χ0v) is 14.8. The van der Waals surface area contributed by atoms with Crippen molar-refractivity contribution in [1.82, 2.24) is 4.98 Å². The minimum atomic E-state index is -0.743. The standard InChI is InChI=1S/C25H19NO/c27-24-16-15-22(21-17-26-23-14-8-7-13-20(21)23)25(24,18-9-3-1-4-10-18)19-11-5-2-6-12-19/h1-17,22,26H/t22-/m1/s1. The molecule has 0 amide bonds. The van der Waals surface area contributed by atoms with Gasteiger partial charge in [-0.2, -0.15) is 0 Å². The maximum absolute atomic E-state index is 13.4. The first-order chi connectivity index (χ1) is 13.3. The van der Waals surface area contributed by atoms with E-state index in [9.17, 15) is 4.79 Å². The lowest BCUT2D eigenvalue weighted by atomic mass is 9.64. The summed E-state index contributed by atoms with van der Waals surface area (Å²) in [5.41, 5.74) is 3.56. The van der Waals surface area contributed by atoms with Crippen LogP contribution in [0.3, 0.4) is 0 Å². The first-order valence-electron chi connectivity index (χ1n) is 9.21. The number of hydrogen-bond acceptors (Lipinski definition) is 1. The van der Waals surface area contributed by atoms with Gasteiger partial charge in [-0.05, 0) is 28.8 Å². The zero-order chi connectivity index (χ0) is 18.3. The first-order valence-corrected chi connectivity index (χ1v) is 9.21. The third kappa shape index (κ3) is 2.23. The van der Waals surface area contributed by atoms with E-state index in [-0.39, 0.29) is 11.7 Å². The van der Waals surface area contributed by atoms with Crippen molar-refractivity contribution in [2.24, 2.45) is 0 Å². The number of aromatic amines is 1. The molecule has 27 heavy (non-hydrogen) atoms. The number of benzene rings is 3. The van der Waals surface area contributed by atoms with Crippen molar-refractivity contribution in [2.75, 3.05) is 0 Å². The molecular weight excluding hydrogens is 330 g/mol. The Morgan fingerprint density at radius 1 is 0.741 bits per heavy atom. The molecule has 1 aliphatic carbocycles. The molecule has 0 radical (unpaired) electrons. The van der Waals surface area contributed by atoms with Gasteiger partial charge < -0.3 is 4.98 Å². The van der Waals surface area contributed by atoms with Crippen LogP contribution in [-0.2, 0) is 10.2 Å². The molecule has 0 saturated heterocycles. The Kier molecular flexibility index (Phi) is 3.58. The fourth-order valence-electron chi connectivity index (χ4n) is 4.51. The van der Waals surface area contributed by atoms with E-state index in [0.29, 0.717) is 0 Å². The highest BCUT2D eigenvalue weighted by Crippen LogP contribution is 2.51. The third-order valence-corrected chi connectivity index (χ3v) is 5.71. The highest BCUT2D eigenvalue weighted by molar-refractivity contribution is 6.06. The summed E-state index contributed by atoms with van der Waals surface area (Å²) in [6.45, 7) is 0. The zero-order valence-electron chi connectivity index (χ0n) is 14.8. The molecular formula is C25H19NO. The molecule has 130 valence electrons. The lowest BCUT2D eigenvalue weighted by Crippen LogP contribution is -2.38. The molecule has 1 aromatic heterocycles. The van der Waals surface area contributed by atoms with Crippen LogP contribution in [0.1, 0.15) is 22.6 Å². The highest BCUT2D eigenvalue weighted by atomic mass is 16.1. The molecule has 4 aromatic rings. The summed E-state index contributed by atoms with van der Waals surface area (Å²) in [5, 5.41) is 1.16. The number of hydrogen-bond donors (Lipinski definition) is 1. The minimum Gasteiger partial charge on any atom is -0.361 e. The molecule has 0 saturated carbocycles. The van der Waals surface area contributed by atoms with Gasteiger partial charge in [0.25, 0.3) is 0 Å². The van der Waals surface area contributed by atoms with Crippen molar-refractivity contribution in [3.8, 4) is 0 Å². The average molecular weight is 349 g/mol. The maximum atomic E-state index is 13.4. The number of carbonyl (C=O) groups excluding carboxylic acids is 1. The number of rotatable bonds is 3. The van der Waals surface area contributed by atoms with Crippen molar-refractivity contribution in [1.29, 1.82) is 0 Å². The maximum Gasteiger partial charge on any atom is 0.171 e. The summed E-state index contributed by atoms with van der Waals surface area (Å²) in [4.78, 5) is 16.8. The summed E-state index contributed by atoms with van der Waals surface area (Å²) in [6, 6.07) is 28.6. The second-order valence-electron chi connectivity index (χ2n) is 7.03. The van der Waals surface area contributed by atoms with Gasteiger partial charge in [-0.3, -0.25) is 4.79 Å². The summed E-state index contributed by atoms with van der Waals surface area (Å²) >= 11 is 0. The van der Waals surface area contributed by atoms with Gasteiger partial charge in [-0.15, -0.1) is 0 Å². The molecule has 0 aliphatic heterocycles. The molecule has 3 aromatic carbocycles. The monoisotopic (exact) mass is 349 g/mol. The molecule has 1 atom stereocenters. The van der Waals surface area contributed by atoms with Crippen LogP contribution in [-0.4, -0.2) is 10.8 Å². The van der Waals surface area contributed by atoms with Crippen molar-refractivity contribution in [3.05, 3.63) is 120 Å². The Morgan fingerprint density at radius 3 is 2.00 bits per heavy atom. The Morgan fingerprint density at radius 2 is 1.33 bits per heavy atom. The molecule has 5 rings (SSSR count). The average Bonchev–Trinajstić information content (AvgIpc) is 3.30. The van der Waals surface area contributed by atoms with Gasteiger partial charge in [0.05, 0.1) is 5.41 Å². The predicted molar refractivity (Wildman–Crippen MR) is 109 cm³/mol. The Bertz CT molecular complexity index is 1100. The topological polar surface area (TPSA) is 32.9 Å². The lowest BCUT2D eigenvalue weighted by Gasteiger charge is -2.35. The molecule has 0 bridgehead atoms. The van der Waals surface area contributed by atoms with Gasteiger partial charge in [0.15, 0.2) is 5.78 Å². The fourth-order valence-corrected chi connectivity index (χ4v) is 4.51. The van der Waals surface area contributed by atoms with Crippen LogP contribution in [0.5, 0.6) is 0 Å². The van der Waals surface area contributed by atoms with E-state index in [0.717, 1.165) is 27.6 Å². The quantitative estimate of drug-likeness (QED) is 0.529. The largest absolute Gasteiger partial charge is 0.361 e. The van der Waals surface area contributed by atoms with Crippen LogP contribution in [0.15, 0.2) is 103 Å². The van der Waals surface area contributed by atoms with E-state index in [4.69, 9.17) is 0 Å². The third-order valence-electron chi connectivity index (χ3n) is 5.71. The molecule has 0 fully saturated rings. The number of allylic oxidation sites excluding steroid dienone is 2. The first kappa shape index (κ1) is 15.8. The van der Waals surface area contributed by atoms with E-state index in [1.807, 2.05) is 48.5 Å². The van der Waals surface area contributed by atoms with E-state index in [1.54, 1.807) is 6.08 Å². The fraction of sp³-hybridized carbons (Fsp3) is 0.0800. The molecule has 1 N–H and O–H groups in total. The van der Waals surface area contributed by atoms with Crippen molar-refractivity contribution >= 4 is 16.7 Å². The van der Waals surface area contributed by atoms with E-state index >= 15 is 0 Å². The van der Waals surface area contributed by atoms with Crippen molar-refractivity contribution < 1.29 is 4.79 Å². The smallest absolute Gasteiger partial charge is 0.171 e. The summed E-state index contributed by atoms with van der Waals surface area (Å²) in [5.74, 6) is 0.0705. The predicted octanol–water partition coefficient (Wildman–Crippen LogP) is 5.38. The van der Waals surface area contributed by atoms with Crippen molar-refractivity contribution in [3.63, 3.8) is 0 Å². The van der Waals surface area contributed by atoms with Gasteiger partial charge in [0, 0.05) is 23.0 Å². The Labute approximate surface area is 158 Å². The van der Waals surface area contributed by atoms with Gasteiger partial charge >= 0.3 is 0 Å². The van der Waals surface area contributed by atoms with Crippen LogP contribution in [0, 0.1) is 0 Å². The van der Waals surface area contributed by atoms with Crippen molar-refractivity contribution in [2.45, 2.75) is 11.3 Å². The molecule has 2 nitrogen and oxygen atoms in total. The minimum absolute atomic E-state index is 0.0639. The second-order valence-corrected chi connectivity index (χ2v) is 7.03. The van der Waals surface area contributed by atoms with Crippen LogP contribution in [0.2, 0.25) is 0 Å². The summed E-state index contributed by atoms with van der Waals surface area (Å²) in [7, 11) is 0. The summed E-state index contributed by atoms with van der Waals surface area (Å²) < 4.78 is 0. The lowest BCUT2D eigenvalue weighted by molar-refractivity contribution is -0.118. The Hall–Kier alpha value is -3.39. The van der Waals surface area contributed by atoms with Crippen LogP contribution in [0.25, 0.3) is 10.9 Å². The Balaban J connectivity index is 1.82. The molecule has 0 spiro atoms. The number of H-pyrrole nitrogens is 1. The number of ketones is 1. The van der Waals surface area contributed by atoms with E-state index in [1.165, 1.54) is 0 Å². The number of carbonyl (C=O) groups is 1. The highest BCUT2D eigenvalue weighted by Gasteiger charge is 2.50. The second kappa shape index (κ2) is 6.10. The van der Waals surface area contributed by atoms with Crippen LogP contribution < -0.4 is 0 Å². The SMILES string of the molecule is O=C1C=C[C@H](c2c[nH]c3ccccc23)C1(c1ccccc1)c1ccccc1. The number of nitrogens with one attached hydrogen (secondary N) is 1. The van der Waals surface area contributed by atoms with Gasteiger partial charge in [0.1, 0.15) is 0 Å². The van der Waals surface area contributed by atoms with Gasteiger partial charge in [0.2, 0.25) is 0 Å². The van der Waals surface area contributed by atoms with E-state index in [2.05, 4.69) is 53.7 Å². The van der Waals surface area contributed by atoms with Crippen LogP contribution >= 0.6 is 0 Å². The molecule has 0 unspecified atom stereocenters. The van der Waals surface area contributed by atoms with Crippen LogP contribution in [0.4, 0.5) is 0 Å². The number of fused-ring (bicyclic) bond motifs is 1. The molecule has 1 aliphatic rings. The molecule has 2 heteroatoms. The molecule has 1 heterocycles. The number of para-hydroxylation sites is 1. The van der Waals surface area contributed by atoms with Gasteiger partial charge in [-0.25, -0.2) is 0 Å². The summed E-state index contributed by atoms with van der Waals surface area (Å²) in [6.07, 6.45) is 5.88. The number of aromatic nitrogens is 1. The normalized spacial score (nSPS) is 18.2. The van der Waals surface area contributed by atoms with E-state index < -0.39 is 5.41 Å². The van der Waals surface area contributed by atoms with Gasteiger partial charge in [-0.1, -0.05) is 84.9 Å².